The quantitative estimate of drug-likeness (QED) is 0.649. The van der Waals surface area contributed by atoms with Crippen LogP contribution in [0.3, 0.4) is 0 Å². The van der Waals surface area contributed by atoms with Gasteiger partial charge in [-0.05, 0) is 32.9 Å². The number of ether oxygens (including phenoxy) is 1. The van der Waals surface area contributed by atoms with Crippen LogP contribution >= 0.6 is 11.3 Å². The highest BCUT2D eigenvalue weighted by atomic mass is 32.1. The lowest BCUT2D eigenvalue weighted by atomic mass is 10.2. The van der Waals surface area contributed by atoms with Gasteiger partial charge in [0.2, 0.25) is 11.8 Å². The molecule has 27 heavy (non-hydrogen) atoms. The average molecular weight is 385 g/mol. The summed E-state index contributed by atoms with van der Waals surface area (Å²) in [6, 6.07) is 9.49. The maximum atomic E-state index is 12.4. The van der Waals surface area contributed by atoms with E-state index in [4.69, 9.17) is 9.15 Å². The van der Waals surface area contributed by atoms with Crippen LogP contribution in [0, 0.1) is 13.8 Å². The van der Waals surface area contributed by atoms with Gasteiger partial charge in [-0.2, -0.15) is 0 Å². The van der Waals surface area contributed by atoms with Crippen LogP contribution in [0.1, 0.15) is 33.7 Å². The van der Waals surface area contributed by atoms with E-state index in [0.29, 0.717) is 33.0 Å². The topological polar surface area (TPSA) is 94.3 Å². The van der Waals surface area contributed by atoms with Gasteiger partial charge in [0.05, 0.1) is 24.4 Å². The van der Waals surface area contributed by atoms with Gasteiger partial charge < -0.3 is 14.5 Å². The molecule has 2 heterocycles. The highest BCUT2D eigenvalue weighted by molar-refractivity contribution is 7.17. The molecule has 0 fully saturated rings. The zero-order chi connectivity index (χ0) is 19.4. The van der Waals surface area contributed by atoms with Crippen molar-refractivity contribution in [3.8, 4) is 11.5 Å². The van der Waals surface area contributed by atoms with E-state index in [0.717, 1.165) is 16.9 Å². The molecule has 1 N–H and O–H groups in total. The fraction of sp³-hybridized carbons (Fsp3) is 0.263. The lowest BCUT2D eigenvalue weighted by molar-refractivity contribution is -0.115. The van der Waals surface area contributed by atoms with Crippen LogP contribution in [0.15, 0.2) is 34.7 Å². The molecule has 0 atom stereocenters. The number of oxazole rings is 1. The molecule has 0 saturated heterocycles. The number of amides is 1. The van der Waals surface area contributed by atoms with Crippen molar-refractivity contribution < 1.29 is 18.7 Å². The third-order valence-electron chi connectivity index (χ3n) is 3.75. The average Bonchev–Trinajstić information content (AvgIpc) is 3.18. The smallest absolute Gasteiger partial charge is 0.350 e. The minimum Gasteiger partial charge on any atom is -0.462 e. The van der Waals surface area contributed by atoms with Gasteiger partial charge in [-0.3, -0.25) is 4.79 Å². The number of rotatable bonds is 6. The minimum atomic E-state index is -0.437. The lowest BCUT2D eigenvalue weighted by Gasteiger charge is -1.99. The second-order valence-electron chi connectivity index (χ2n) is 5.77. The number of carbonyl (C=O) groups is 2. The first-order chi connectivity index (χ1) is 13.0. The lowest BCUT2D eigenvalue weighted by Crippen LogP contribution is -2.15. The van der Waals surface area contributed by atoms with E-state index in [-0.39, 0.29) is 18.9 Å². The van der Waals surface area contributed by atoms with Crippen molar-refractivity contribution in [2.24, 2.45) is 0 Å². The Morgan fingerprint density at radius 2 is 1.93 bits per heavy atom. The van der Waals surface area contributed by atoms with Crippen LogP contribution in [0.2, 0.25) is 0 Å². The molecule has 1 aromatic carbocycles. The normalized spacial score (nSPS) is 10.6. The van der Waals surface area contributed by atoms with Crippen molar-refractivity contribution in [2.45, 2.75) is 27.2 Å². The summed E-state index contributed by atoms with van der Waals surface area (Å²) in [7, 11) is 0. The first kappa shape index (κ1) is 18.8. The molecule has 8 heteroatoms. The van der Waals surface area contributed by atoms with Gasteiger partial charge >= 0.3 is 5.97 Å². The Labute approximate surface area is 160 Å². The number of aryl methyl sites for hydroxylation is 2. The first-order valence-corrected chi connectivity index (χ1v) is 9.25. The Hall–Kier alpha value is -3.00. The van der Waals surface area contributed by atoms with Gasteiger partial charge in [-0.15, -0.1) is 0 Å². The zero-order valence-electron chi connectivity index (χ0n) is 15.2. The summed E-state index contributed by atoms with van der Waals surface area (Å²) >= 11 is 1.09. The predicted molar refractivity (Wildman–Crippen MR) is 102 cm³/mol. The molecular weight excluding hydrogens is 366 g/mol. The number of hydrogen-bond acceptors (Lipinski definition) is 7. The van der Waals surface area contributed by atoms with Crippen molar-refractivity contribution in [1.82, 2.24) is 9.97 Å². The van der Waals surface area contributed by atoms with Crippen LogP contribution in [0.5, 0.6) is 0 Å². The summed E-state index contributed by atoms with van der Waals surface area (Å²) < 4.78 is 10.6. The standard InChI is InChI=1S/C19H19N3O4S/c1-4-25-18(24)16-11(2)20-19(27-16)22-15(23)10-14-12(3)26-17(21-14)13-8-6-5-7-9-13/h5-9H,4,10H2,1-3H3,(H,20,22,23). The maximum Gasteiger partial charge on any atom is 0.350 e. The molecule has 3 aromatic rings. The molecule has 3 rings (SSSR count). The van der Waals surface area contributed by atoms with Crippen LogP contribution in [0.4, 0.5) is 5.13 Å². The molecule has 0 radical (unpaired) electrons. The summed E-state index contributed by atoms with van der Waals surface area (Å²) in [4.78, 5) is 33.2. The van der Waals surface area contributed by atoms with Gasteiger partial charge in [-0.25, -0.2) is 14.8 Å². The third-order valence-corrected chi connectivity index (χ3v) is 4.80. The van der Waals surface area contributed by atoms with Gasteiger partial charge in [-0.1, -0.05) is 29.5 Å². The van der Waals surface area contributed by atoms with E-state index in [1.54, 1.807) is 20.8 Å². The number of nitrogens with zero attached hydrogens (tertiary/aromatic N) is 2. The maximum absolute atomic E-state index is 12.4. The van der Waals surface area contributed by atoms with E-state index in [1.807, 2.05) is 30.3 Å². The number of anilines is 1. The third kappa shape index (κ3) is 4.40. The molecule has 140 valence electrons. The molecule has 1 amide bonds. The van der Waals surface area contributed by atoms with E-state index in [1.165, 1.54) is 0 Å². The van der Waals surface area contributed by atoms with Gasteiger partial charge in [0, 0.05) is 5.56 Å². The van der Waals surface area contributed by atoms with Crippen molar-refractivity contribution in [2.75, 3.05) is 11.9 Å². The number of hydrogen-bond donors (Lipinski definition) is 1. The fourth-order valence-electron chi connectivity index (χ4n) is 2.45. The molecule has 0 unspecified atom stereocenters. The van der Waals surface area contributed by atoms with E-state index in [2.05, 4.69) is 15.3 Å². The Kier molecular flexibility index (Phi) is 5.66. The molecule has 0 bridgehead atoms. The molecule has 0 aliphatic carbocycles. The molecule has 0 spiro atoms. The molecular formula is C19H19N3O4S. The van der Waals surface area contributed by atoms with Crippen LogP contribution in [0.25, 0.3) is 11.5 Å². The van der Waals surface area contributed by atoms with E-state index in [9.17, 15) is 9.59 Å². The summed E-state index contributed by atoms with van der Waals surface area (Å²) in [5.41, 5.74) is 1.94. The van der Waals surface area contributed by atoms with Crippen molar-refractivity contribution in [3.05, 3.63) is 52.4 Å². The molecule has 0 saturated carbocycles. The highest BCUT2D eigenvalue weighted by Crippen LogP contribution is 2.25. The van der Waals surface area contributed by atoms with Crippen molar-refractivity contribution >= 4 is 28.3 Å². The Morgan fingerprint density at radius 3 is 2.63 bits per heavy atom. The summed E-state index contributed by atoms with van der Waals surface area (Å²) in [6.07, 6.45) is 0.0511. The SMILES string of the molecule is CCOC(=O)c1sc(NC(=O)Cc2nc(-c3ccccc3)oc2C)nc1C. The first-order valence-electron chi connectivity index (χ1n) is 8.44. The van der Waals surface area contributed by atoms with Gasteiger partial charge in [0.15, 0.2) is 5.13 Å². The number of nitrogens with one attached hydrogen (secondary N) is 1. The van der Waals surface area contributed by atoms with Crippen LogP contribution in [-0.2, 0) is 16.0 Å². The number of benzene rings is 1. The molecule has 0 aliphatic rings. The minimum absolute atomic E-state index is 0.0511. The second-order valence-corrected chi connectivity index (χ2v) is 6.77. The monoisotopic (exact) mass is 385 g/mol. The van der Waals surface area contributed by atoms with Gasteiger partial charge in [0.1, 0.15) is 10.6 Å². The number of thiazole rings is 1. The molecule has 0 aliphatic heterocycles. The summed E-state index contributed by atoms with van der Waals surface area (Å²) in [6.45, 7) is 5.49. The number of carbonyl (C=O) groups excluding carboxylic acids is 2. The number of aromatic nitrogens is 2. The van der Waals surface area contributed by atoms with E-state index >= 15 is 0 Å². The Bertz CT molecular complexity index is 963. The largest absolute Gasteiger partial charge is 0.462 e. The summed E-state index contributed by atoms with van der Waals surface area (Å²) in [5.74, 6) is 0.347. The molecule has 2 aromatic heterocycles. The molecule has 7 nitrogen and oxygen atoms in total. The van der Waals surface area contributed by atoms with Crippen LogP contribution in [-0.4, -0.2) is 28.5 Å². The Morgan fingerprint density at radius 1 is 1.19 bits per heavy atom. The van der Waals surface area contributed by atoms with E-state index < -0.39 is 5.97 Å². The second kappa shape index (κ2) is 8.13. The fourth-order valence-corrected chi connectivity index (χ4v) is 3.32. The zero-order valence-corrected chi connectivity index (χ0v) is 16.1. The van der Waals surface area contributed by atoms with Gasteiger partial charge in [0.25, 0.3) is 0 Å². The van der Waals surface area contributed by atoms with Crippen molar-refractivity contribution in [3.63, 3.8) is 0 Å². The summed E-state index contributed by atoms with van der Waals surface area (Å²) in [5, 5.41) is 3.06. The van der Waals surface area contributed by atoms with Crippen molar-refractivity contribution in [1.29, 1.82) is 0 Å². The highest BCUT2D eigenvalue weighted by Gasteiger charge is 2.19. The number of esters is 1. The predicted octanol–water partition coefficient (Wildman–Crippen LogP) is 3.77. The Balaban J connectivity index is 1.69. The van der Waals surface area contributed by atoms with Crippen LogP contribution < -0.4 is 5.32 Å².